The maximum Gasteiger partial charge on any atom is 0.223 e. The molecule has 0 bridgehead atoms. The van der Waals surface area contributed by atoms with Gasteiger partial charge in [-0.2, -0.15) is 0 Å². The zero-order valence-corrected chi connectivity index (χ0v) is 11.8. The highest BCUT2D eigenvalue weighted by Crippen LogP contribution is 2.57. The van der Waals surface area contributed by atoms with Gasteiger partial charge in [-0.05, 0) is 37.5 Å². The van der Waals surface area contributed by atoms with Crippen LogP contribution in [-0.4, -0.2) is 18.3 Å². The number of hydrogen-bond acceptors (Lipinski definition) is 1. The molecule has 0 heterocycles. The van der Waals surface area contributed by atoms with Crippen LogP contribution in [0.4, 0.5) is 0 Å². The number of carbonyl (C=O) groups is 1. The van der Waals surface area contributed by atoms with Gasteiger partial charge in [0.25, 0.3) is 0 Å². The van der Waals surface area contributed by atoms with Gasteiger partial charge in [-0.15, -0.1) is 11.6 Å². The van der Waals surface area contributed by atoms with E-state index < -0.39 is 0 Å². The van der Waals surface area contributed by atoms with Gasteiger partial charge in [0.05, 0.1) is 0 Å². The van der Waals surface area contributed by atoms with Gasteiger partial charge >= 0.3 is 0 Å². The molecule has 18 heavy (non-hydrogen) atoms. The van der Waals surface area contributed by atoms with Crippen LogP contribution in [0.3, 0.4) is 0 Å². The molecule has 3 rings (SSSR count). The van der Waals surface area contributed by atoms with E-state index >= 15 is 0 Å². The summed E-state index contributed by atoms with van der Waals surface area (Å²) in [4.78, 5) is 12.2. The van der Waals surface area contributed by atoms with Crippen LogP contribution >= 0.6 is 11.6 Å². The smallest absolute Gasteiger partial charge is 0.223 e. The van der Waals surface area contributed by atoms with E-state index in [-0.39, 0.29) is 5.41 Å². The normalized spacial score (nSPS) is 37.1. The summed E-state index contributed by atoms with van der Waals surface area (Å²) < 4.78 is 0. The monoisotopic (exact) mass is 269 g/mol. The van der Waals surface area contributed by atoms with Crippen LogP contribution in [0.2, 0.25) is 0 Å². The lowest BCUT2D eigenvalue weighted by molar-refractivity contribution is -0.123. The molecule has 0 aliphatic heterocycles. The SMILES string of the molecule is O=C(NCC1(CCl)CCCCC1)C1C2CCCC21. The number of carbonyl (C=O) groups excluding carboxylic acids is 1. The topological polar surface area (TPSA) is 29.1 Å². The lowest BCUT2D eigenvalue weighted by Crippen LogP contribution is -2.41. The average molecular weight is 270 g/mol. The molecule has 1 N–H and O–H groups in total. The number of halogens is 1. The lowest BCUT2D eigenvalue weighted by atomic mass is 9.75. The number of rotatable bonds is 4. The van der Waals surface area contributed by atoms with Crippen molar-refractivity contribution in [2.75, 3.05) is 12.4 Å². The van der Waals surface area contributed by atoms with Gasteiger partial charge in [-0.3, -0.25) is 4.79 Å². The number of nitrogens with one attached hydrogen (secondary N) is 1. The van der Waals surface area contributed by atoms with Crippen molar-refractivity contribution in [2.45, 2.75) is 51.4 Å². The van der Waals surface area contributed by atoms with Crippen LogP contribution in [0.1, 0.15) is 51.4 Å². The summed E-state index contributed by atoms with van der Waals surface area (Å²) in [7, 11) is 0. The Hall–Kier alpha value is -0.240. The minimum absolute atomic E-state index is 0.194. The Labute approximate surface area is 115 Å². The maximum absolute atomic E-state index is 12.2. The fourth-order valence-corrected chi connectivity index (χ4v) is 4.62. The molecule has 2 atom stereocenters. The minimum Gasteiger partial charge on any atom is -0.355 e. The third kappa shape index (κ3) is 2.29. The molecule has 3 fully saturated rings. The molecule has 0 aromatic rings. The van der Waals surface area contributed by atoms with Crippen molar-refractivity contribution in [2.24, 2.45) is 23.2 Å². The van der Waals surface area contributed by atoms with E-state index in [1.807, 2.05) is 0 Å². The Morgan fingerprint density at radius 3 is 2.39 bits per heavy atom. The molecule has 3 aliphatic rings. The second kappa shape index (κ2) is 5.03. The fraction of sp³-hybridized carbons (Fsp3) is 0.933. The Bertz CT molecular complexity index is 314. The van der Waals surface area contributed by atoms with Crippen molar-refractivity contribution in [1.82, 2.24) is 5.32 Å². The summed E-state index contributed by atoms with van der Waals surface area (Å²) in [5.41, 5.74) is 0.194. The molecule has 3 saturated carbocycles. The quantitative estimate of drug-likeness (QED) is 0.780. The van der Waals surface area contributed by atoms with Gasteiger partial charge in [0.15, 0.2) is 0 Å². The van der Waals surface area contributed by atoms with Gasteiger partial charge in [0.1, 0.15) is 0 Å². The van der Waals surface area contributed by atoms with Crippen molar-refractivity contribution in [3.05, 3.63) is 0 Å². The lowest BCUT2D eigenvalue weighted by Gasteiger charge is -2.35. The number of amides is 1. The fourth-order valence-electron chi connectivity index (χ4n) is 4.26. The van der Waals surface area contributed by atoms with E-state index in [0.29, 0.717) is 17.7 Å². The van der Waals surface area contributed by atoms with E-state index in [1.165, 1.54) is 51.4 Å². The largest absolute Gasteiger partial charge is 0.355 e. The molecule has 0 aromatic heterocycles. The summed E-state index contributed by atoms with van der Waals surface area (Å²) in [6.07, 6.45) is 10.2. The van der Waals surface area contributed by atoms with Gasteiger partial charge in [-0.1, -0.05) is 25.7 Å². The molecule has 3 aliphatic carbocycles. The Morgan fingerprint density at radius 1 is 1.11 bits per heavy atom. The van der Waals surface area contributed by atoms with Crippen molar-refractivity contribution in [3.8, 4) is 0 Å². The minimum atomic E-state index is 0.194. The third-order valence-corrected chi connectivity index (χ3v) is 6.11. The zero-order chi connectivity index (χ0) is 12.6. The van der Waals surface area contributed by atoms with Crippen molar-refractivity contribution < 1.29 is 4.79 Å². The van der Waals surface area contributed by atoms with Gasteiger partial charge in [-0.25, -0.2) is 0 Å². The Balaban J connectivity index is 1.49. The van der Waals surface area contributed by atoms with Crippen molar-refractivity contribution in [1.29, 1.82) is 0 Å². The summed E-state index contributed by atoms with van der Waals surface area (Å²) >= 11 is 6.16. The highest BCUT2D eigenvalue weighted by molar-refractivity contribution is 6.18. The van der Waals surface area contributed by atoms with Gasteiger partial charge in [0.2, 0.25) is 5.91 Å². The first kappa shape index (κ1) is 12.8. The van der Waals surface area contributed by atoms with Crippen molar-refractivity contribution in [3.63, 3.8) is 0 Å². The summed E-state index contributed by atoms with van der Waals surface area (Å²) in [6.45, 7) is 0.811. The van der Waals surface area contributed by atoms with Crippen molar-refractivity contribution >= 4 is 17.5 Å². The molecule has 2 unspecified atom stereocenters. The Kier molecular flexibility index (Phi) is 3.57. The van der Waals surface area contributed by atoms with E-state index in [2.05, 4.69) is 5.32 Å². The first-order chi connectivity index (χ1) is 8.76. The first-order valence-corrected chi connectivity index (χ1v) is 8.13. The maximum atomic E-state index is 12.2. The highest BCUT2D eigenvalue weighted by atomic mass is 35.5. The predicted molar refractivity (Wildman–Crippen MR) is 73.6 cm³/mol. The molecule has 0 radical (unpaired) electrons. The molecule has 0 aromatic carbocycles. The van der Waals surface area contributed by atoms with Gasteiger partial charge < -0.3 is 5.32 Å². The molecule has 0 saturated heterocycles. The van der Waals surface area contributed by atoms with Crippen LogP contribution in [0.5, 0.6) is 0 Å². The third-order valence-electron chi connectivity index (χ3n) is 5.54. The van der Waals surface area contributed by atoms with Crippen LogP contribution in [0, 0.1) is 23.2 Å². The Morgan fingerprint density at radius 2 is 1.78 bits per heavy atom. The molecule has 0 spiro atoms. The van der Waals surface area contributed by atoms with E-state index in [9.17, 15) is 4.79 Å². The first-order valence-electron chi connectivity index (χ1n) is 7.59. The highest BCUT2D eigenvalue weighted by Gasteiger charge is 2.56. The second-order valence-corrected chi connectivity index (χ2v) is 6.96. The molecular formula is C15H24ClNO. The van der Waals surface area contributed by atoms with Crippen LogP contribution < -0.4 is 5.32 Å². The molecule has 3 heteroatoms. The summed E-state index contributed by atoms with van der Waals surface area (Å²) in [5.74, 6) is 2.83. The van der Waals surface area contributed by atoms with E-state index in [0.717, 1.165) is 18.4 Å². The van der Waals surface area contributed by atoms with E-state index in [1.54, 1.807) is 0 Å². The number of hydrogen-bond donors (Lipinski definition) is 1. The van der Waals surface area contributed by atoms with Crippen LogP contribution in [0.15, 0.2) is 0 Å². The summed E-state index contributed by atoms with van der Waals surface area (Å²) in [6, 6.07) is 0. The van der Waals surface area contributed by atoms with Crippen LogP contribution in [0.25, 0.3) is 0 Å². The van der Waals surface area contributed by atoms with Gasteiger partial charge in [0, 0.05) is 23.8 Å². The van der Waals surface area contributed by atoms with E-state index in [4.69, 9.17) is 11.6 Å². The zero-order valence-electron chi connectivity index (χ0n) is 11.1. The predicted octanol–water partition coefficient (Wildman–Crippen LogP) is 3.34. The molecule has 1 amide bonds. The standard InChI is InChI=1S/C15H24ClNO/c16-9-15(7-2-1-3-8-15)10-17-14(18)13-11-5-4-6-12(11)13/h11-13H,1-10H2,(H,17,18). The number of alkyl halides is 1. The average Bonchev–Trinajstić information content (AvgIpc) is 2.90. The second-order valence-electron chi connectivity index (χ2n) is 6.70. The number of fused-ring (bicyclic) bond motifs is 1. The van der Waals surface area contributed by atoms with Crippen LogP contribution in [-0.2, 0) is 4.79 Å². The molecule has 102 valence electrons. The summed E-state index contributed by atoms with van der Waals surface area (Å²) in [5, 5.41) is 3.21. The molecular weight excluding hydrogens is 246 g/mol. The molecule has 2 nitrogen and oxygen atoms in total.